The lowest BCUT2D eigenvalue weighted by atomic mass is 10.0. The summed E-state index contributed by atoms with van der Waals surface area (Å²) in [5, 5.41) is 0.276. The Morgan fingerprint density at radius 1 is 1.00 bits per heavy atom. The van der Waals surface area contributed by atoms with Gasteiger partial charge in [0.05, 0.1) is 5.57 Å². The topological polar surface area (TPSA) is 52.6 Å². The largest absolute Gasteiger partial charge is 0.516 e. The van der Waals surface area contributed by atoms with Gasteiger partial charge in [-0.1, -0.05) is 54.1 Å². The van der Waals surface area contributed by atoms with Crippen molar-refractivity contribution in [2.75, 3.05) is 0 Å². The van der Waals surface area contributed by atoms with Crippen LogP contribution in [-0.2, 0) is 20.9 Å². The molecule has 0 saturated heterocycles. The first-order chi connectivity index (χ1) is 12.7. The molecule has 0 aliphatic carbocycles. The number of esters is 1. The molecular weight excluding hydrogens is 385 g/mol. The Hall–Kier alpha value is -2.80. The SMILES string of the molecule is C/C(=C(\C(=O)OC(=O)OCc1ccccc1)c1ccc(Cl)cc1)C(F)(F)F. The first-order valence-corrected chi connectivity index (χ1v) is 8.03. The monoisotopic (exact) mass is 398 g/mol. The zero-order valence-electron chi connectivity index (χ0n) is 14.0. The van der Waals surface area contributed by atoms with Crippen LogP contribution in [0.15, 0.2) is 60.2 Å². The van der Waals surface area contributed by atoms with E-state index in [2.05, 4.69) is 4.74 Å². The van der Waals surface area contributed by atoms with Gasteiger partial charge in [0.2, 0.25) is 0 Å². The van der Waals surface area contributed by atoms with Crippen molar-refractivity contribution in [2.24, 2.45) is 0 Å². The summed E-state index contributed by atoms with van der Waals surface area (Å²) in [5.41, 5.74) is -1.46. The predicted octanol–water partition coefficient (Wildman–Crippen LogP) is 5.56. The number of halogens is 4. The normalized spacial score (nSPS) is 12.2. The van der Waals surface area contributed by atoms with E-state index >= 15 is 0 Å². The maximum absolute atomic E-state index is 13.1. The third-order valence-electron chi connectivity index (χ3n) is 3.51. The molecule has 0 aliphatic heterocycles. The Morgan fingerprint density at radius 2 is 1.59 bits per heavy atom. The van der Waals surface area contributed by atoms with Gasteiger partial charge in [0.25, 0.3) is 0 Å². The maximum Gasteiger partial charge on any atom is 0.516 e. The highest BCUT2D eigenvalue weighted by molar-refractivity contribution is 6.30. The molecule has 27 heavy (non-hydrogen) atoms. The van der Waals surface area contributed by atoms with Crippen molar-refractivity contribution < 1.29 is 32.2 Å². The van der Waals surface area contributed by atoms with E-state index in [0.717, 1.165) is 6.92 Å². The molecule has 0 fully saturated rings. The number of hydrogen-bond acceptors (Lipinski definition) is 4. The Labute approximate surface area is 158 Å². The molecule has 0 bridgehead atoms. The molecule has 4 nitrogen and oxygen atoms in total. The van der Waals surface area contributed by atoms with Crippen LogP contribution in [0, 0.1) is 0 Å². The fourth-order valence-corrected chi connectivity index (χ4v) is 2.24. The van der Waals surface area contributed by atoms with Crippen LogP contribution in [0.4, 0.5) is 18.0 Å². The minimum absolute atomic E-state index is 0.0879. The number of carbonyl (C=O) groups is 2. The molecule has 0 N–H and O–H groups in total. The molecular formula is C19H14ClF3O4. The van der Waals surface area contributed by atoms with Crippen LogP contribution in [0.1, 0.15) is 18.1 Å². The van der Waals surface area contributed by atoms with Gasteiger partial charge in [0, 0.05) is 10.6 Å². The Bertz CT molecular complexity index is 844. The summed E-state index contributed by atoms with van der Waals surface area (Å²) in [5.74, 6) is -1.47. The van der Waals surface area contributed by atoms with Crippen molar-refractivity contribution in [3.05, 3.63) is 76.3 Å². The highest BCUT2D eigenvalue weighted by Crippen LogP contribution is 2.33. The van der Waals surface area contributed by atoms with Crippen molar-refractivity contribution in [2.45, 2.75) is 19.7 Å². The molecule has 2 aromatic carbocycles. The molecule has 0 heterocycles. The summed E-state index contributed by atoms with van der Waals surface area (Å²) in [6.07, 6.45) is -6.19. The van der Waals surface area contributed by atoms with Crippen molar-refractivity contribution in [1.82, 2.24) is 0 Å². The third-order valence-corrected chi connectivity index (χ3v) is 3.76. The Balaban J connectivity index is 2.19. The van der Waals surface area contributed by atoms with Gasteiger partial charge in [-0.2, -0.15) is 13.2 Å². The van der Waals surface area contributed by atoms with Crippen LogP contribution < -0.4 is 0 Å². The van der Waals surface area contributed by atoms with E-state index in [0.29, 0.717) is 5.56 Å². The number of allylic oxidation sites excluding steroid dienone is 1. The Kier molecular flexibility index (Phi) is 6.63. The molecule has 0 unspecified atom stereocenters. The summed E-state index contributed by atoms with van der Waals surface area (Å²) in [7, 11) is 0. The van der Waals surface area contributed by atoms with Gasteiger partial charge < -0.3 is 9.47 Å². The third kappa shape index (κ3) is 5.86. The maximum atomic E-state index is 13.1. The zero-order chi connectivity index (χ0) is 20.0. The van der Waals surface area contributed by atoms with Crippen LogP contribution in [0.2, 0.25) is 5.02 Å². The molecule has 8 heteroatoms. The van der Waals surface area contributed by atoms with E-state index in [4.69, 9.17) is 16.3 Å². The van der Waals surface area contributed by atoms with Crippen LogP contribution in [0.25, 0.3) is 5.57 Å². The molecule has 0 radical (unpaired) electrons. The van der Waals surface area contributed by atoms with Crippen LogP contribution >= 0.6 is 11.6 Å². The van der Waals surface area contributed by atoms with Gasteiger partial charge in [-0.05, 0) is 30.2 Å². The van der Waals surface area contributed by atoms with Gasteiger partial charge >= 0.3 is 18.3 Å². The molecule has 0 spiro atoms. The quantitative estimate of drug-likeness (QED) is 0.384. The fraction of sp³-hybridized carbons (Fsp3) is 0.158. The predicted molar refractivity (Wildman–Crippen MR) is 92.8 cm³/mol. The summed E-state index contributed by atoms with van der Waals surface area (Å²) >= 11 is 5.72. The van der Waals surface area contributed by atoms with Crippen molar-refractivity contribution in [1.29, 1.82) is 0 Å². The number of rotatable bonds is 4. The number of alkyl halides is 3. The lowest BCUT2D eigenvalue weighted by Crippen LogP contribution is -2.20. The van der Waals surface area contributed by atoms with E-state index < -0.39 is 29.4 Å². The van der Waals surface area contributed by atoms with Gasteiger partial charge in [0.1, 0.15) is 6.61 Å². The molecule has 2 aromatic rings. The van der Waals surface area contributed by atoms with Gasteiger partial charge in [-0.15, -0.1) is 0 Å². The molecule has 0 saturated carbocycles. The highest BCUT2D eigenvalue weighted by Gasteiger charge is 2.36. The second kappa shape index (κ2) is 8.73. The second-order valence-corrected chi connectivity index (χ2v) is 5.85. The van der Waals surface area contributed by atoms with Crippen LogP contribution in [-0.4, -0.2) is 18.3 Å². The van der Waals surface area contributed by atoms with Crippen molar-refractivity contribution in [3.63, 3.8) is 0 Å². The number of ether oxygens (including phenoxy) is 2. The fourth-order valence-electron chi connectivity index (χ4n) is 2.12. The van der Waals surface area contributed by atoms with E-state index in [1.54, 1.807) is 30.3 Å². The summed E-state index contributed by atoms with van der Waals surface area (Å²) < 4.78 is 48.6. The summed E-state index contributed by atoms with van der Waals surface area (Å²) in [6.45, 7) is 0.533. The van der Waals surface area contributed by atoms with E-state index in [9.17, 15) is 22.8 Å². The smallest absolute Gasteiger partial charge is 0.429 e. The molecule has 0 aromatic heterocycles. The van der Waals surface area contributed by atoms with E-state index in [1.165, 1.54) is 24.3 Å². The standard InChI is InChI=1S/C19H14ClF3O4/c1-12(19(21,22)23)16(14-7-9-15(20)10-8-14)17(24)27-18(25)26-11-13-5-3-2-4-6-13/h2-10H,11H2,1H3/b16-12+. The minimum Gasteiger partial charge on any atom is -0.429 e. The molecule has 2 rings (SSSR count). The van der Waals surface area contributed by atoms with Crippen molar-refractivity contribution >= 4 is 29.3 Å². The molecule has 0 atom stereocenters. The average molecular weight is 399 g/mol. The molecule has 0 aliphatic rings. The van der Waals surface area contributed by atoms with Gasteiger partial charge in [-0.25, -0.2) is 9.59 Å². The van der Waals surface area contributed by atoms with Gasteiger partial charge in [0.15, 0.2) is 0 Å². The number of benzene rings is 2. The van der Waals surface area contributed by atoms with Crippen molar-refractivity contribution in [3.8, 4) is 0 Å². The molecule has 142 valence electrons. The summed E-state index contributed by atoms with van der Waals surface area (Å²) in [4.78, 5) is 23.9. The first-order valence-electron chi connectivity index (χ1n) is 7.65. The minimum atomic E-state index is -4.79. The molecule has 0 amide bonds. The number of hydrogen-bond donors (Lipinski definition) is 0. The zero-order valence-corrected chi connectivity index (χ0v) is 14.8. The van der Waals surface area contributed by atoms with Crippen LogP contribution in [0.5, 0.6) is 0 Å². The second-order valence-electron chi connectivity index (χ2n) is 5.42. The highest BCUT2D eigenvalue weighted by atomic mass is 35.5. The van der Waals surface area contributed by atoms with E-state index in [1.807, 2.05) is 0 Å². The Morgan fingerprint density at radius 3 is 2.15 bits per heavy atom. The lowest BCUT2D eigenvalue weighted by Gasteiger charge is -2.14. The first kappa shape index (κ1) is 20.5. The lowest BCUT2D eigenvalue weighted by molar-refractivity contribution is -0.134. The summed E-state index contributed by atoms with van der Waals surface area (Å²) in [6, 6.07) is 13.6. The average Bonchev–Trinajstić information content (AvgIpc) is 2.62. The van der Waals surface area contributed by atoms with Crippen LogP contribution in [0.3, 0.4) is 0 Å². The number of carbonyl (C=O) groups excluding carboxylic acids is 2. The van der Waals surface area contributed by atoms with E-state index in [-0.39, 0.29) is 17.2 Å². The van der Waals surface area contributed by atoms with Gasteiger partial charge in [-0.3, -0.25) is 0 Å².